The monoisotopic (exact) mass is 469 g/mol. The largest absolute Gasteiger partial charge is 0.507 e. The van der Waals surface area contributed by atoms with Crippen LogP contribution in [-0.4, -0.2) is 25.4 Å². The Labute approximate surface area is 192 Å². The van der Waals surface area contributed by atoms with E-state index in [1.807, 2.05) is 32.9 Å². The second-order valence-electron chi connectivity index (χ2n) is 7.38. The summed E-state index contributed by atoms with van der Waals surface area (Å²) in [5.74, 6) is 1.55. The number of rotatable bonds is 5. The van der Waals surface area contributed by atoms with E-state index in [2.05, 4.69) is 32.5 Å². The second-order valence-corrected chi connectivity index (χ2v) is 10.4. The fraction of sp³-hybridized carbons (Fsp3) is 0.261. The van der Waals surface area contributed by atoms with Gasteiger partial charge in [0.25, 0.3) is 5.56 Å². The predicted octanol–water partition coefficient (Wildman–Crippen LogP) is 4.74. The molecule has 1 aromatic carbocycles. The van der Waals surface area contributed by atoms with Crippen molar-refractivity contribution in [2.45, 2.75) is 33.7 Å². The zero-order valence-corrected chi connectivity index (χ0v) is 20.5. The van der Waals surface area contributed by atoms with E-state index in [-0.39, 0.29) is 11.3 Å². The zero-order chi connectivity index (χ0) is 22.1. The first-order valence-electron chi connectivity index (χ1n) is 9.99. The molecule has 8 heteroatoms. The average molecular weight is 470 g/mol. The molecular formula is C23H24N3O2PS2. The molecule has 0 aliphatic carbocycles. The van der Waals surface area contributed by atoms with Gasteiger partial charge in [0.1, 0.15) is 16.6 Å². The Bertz CT molecular complexity index is 1260. The van der Waals surface area contributed by atoms with Crippen molar-refractivity contribution in [3.63, 3.8) is 0 Å². The summed E-state index contributed by atoms with van der Waals surface area (Å²) in [6.45, 7) is 6.27. The lowest BCUT2D eigenvalue weighted by atomic mass is 10.1. The minimum Gasteiger partial charge on any atom is -0.507 e. The normalized spacial score (nSPS) is 13.5. The van der Waals surface area contributed by atoms with Gasteiger partial charge in [0.05, 0.1) is 22.5 Å². The van der Waals surface area contributed by atoms with Gasteiger partial charge >= 0.3 is 0 Å². The third-order valence-electron chi connectivity index (χ3n) is 5.27. The predicted molar refractivity (Wildman–Crippen MR) is 135 cm³/mol. The van der Waals surface area contributed by atoms with Crippen LogP contribution in [0.25, 0.3) is 22.0 Å². The molecule has 1 atom stereocenters. The molecule has 4 rings (SSSR count). The molecule has 0 amide bonds. The van der Waals surface area contributed by atoms with Crippen LogP contribution in [0.4, 0.5) is 0 Å². The molecule has 1 N–H and O–H groups in total. The number of aryl methyl sites for hydroxylation is 3. The number of aromatic hydroxyl groups is 1. The summed E-state index contributed by atoms with van der Waals surface area (Å²) < 4.78 is 1.69. The number of aromatic nitrogens is 3. The van der Waals surface area contributed by atoms with Gasteiger partial charge in [-0.05, 0) is 38.2 Å². The Morgan fingerprint density at radius 1 is 1.19 bits per heavy atom. The first-order valence-corrected chi connectivity index (χ1v) is 12.4. The molecule has 5 nitrogen and oxygen atoms in total. The lowest BCUT2D eigenvalue weighted by Gasteiger charge is -2.17. The highest BCUT2D eigenvalue weighted by Crippen LogP contribution is 2.32. The lowest BCUT2D eigenvalue weighted by molar-refractivity contribution is 0.480. The number of para-hydroxylation sites is 1. The molecule has 1 aliphatic heterocycles. The van der Waals surface area contributed by atoms with Gasteiger partial charge in [-0.25, -0.2) is 9.97 Å². The fourth-order valence-corrected chi connectivity index (χ4v) is 5.55. The van der Waals surface area contributed by atoms with Crippen LogP contribution in [0.1, 0.15) is 22.7 Å². The maximum absolute atomic E-state index is 13.7. The molecule has 31 heavy (non-hydrogen) atoms. The molecule has 0 fully saturated rings. The maximum atomic E-state index is 13.7. The molecule has 3 heterocycles. The van der Waals surface area contributed by atoms with Crippen molar-refractivity contribution >= 4 is 37.6 Å². The number of thioether (sulfide) groups is 1. The molecular weight excluding hydrogens is 445 g/mol. The summed E-state index contributed by atoms with van der Waals surface area (Å²) in [5.41, 5.74) is 2.51. The first kappa shape index (κ1) is 22.0. The first-order chi connectivity index (χ1) is 14.9. The molecule has 1 unspecified atom stereocenters. The van der Waals surface area contributed by atoms with Crippen molar-refractivity contribution in [1.82, 2.24) is 14.5 Å². The highest BCUT2D eigenvalue weighted by molar-refractivity contribution is 8.03. The molecule has 0 saturated heterocycles. The Morgan fingerprint density at radius 2 is 2.00 bits per heavy atom. The van der Waals surface area contributed by atoms with Gasteiger partial charge in [-0.1, -0.05) is 30.4 Å². The quantitative estimate of drug-likeness (QED) is 0.547. The van der Waals surface area contributed by atoms with Gasteiger partial charge in [0.2, 0.25) is 0 Å². The van der Waals surface area contributed by atoms with E-state index in [9.17, 15) is 9.90 Å². The molecule has 2 aromatic heterocycles. The standard InChI is InChI=1S/C23H24N3O2PS2/c1-13-15(3)31-22(25-13)19-14(2)24-21(17-8-6-9-18(29)20(17)27)26(23(19)28)11-10-16-7-4-5-12-30-16/h4-9,27H,10-12,29H2,1-3H3. The van der Waals surface area contributed by atoms with Crippen molar-refractivity contribution in [2.75, 3.05) is 5.75 Å². The van der Waals surface area contributed by atoms with E-state index in [1.165, 1.54) is 16.2 Å². The van der Waals surface area contributed by atoms with Crippen LogP contribution in [0, 0.1) is 20.8 Å². The van der Waals surface area contributed by atoms with Crippen LogP contribution in [-0.2, 0) is 6.54 Å². The van der Waals surface area contributed by atoms with Crippen LogP contribution in [0.5, 0.6) is 5.75 Å². The van der Waals surface area contributed by atoms with E-state index in [4.69, 9.17) is 4.98 Å². The van der Waals surface area contributed by atoms with Crippen molar-refractivity contribution in [3.8, 4) is 27.7 Å². The third-order valence-corrected chi connectivity index (χ3v) is 7.89. The van der Waals surface area contributed by atoms with E-state index >= 15 is 0 Å². The minimum absolute atomic E-state index is 0.121. The maximum Gasteiger partial charge on any atom is 0.264 e. The SMILES string of the molecule is Cc1nc(-c2c(C)nc(-c3cccc(P)c3O)n(CCC3=CC=CCS3)c2=O)sc1C. The third kappa shape index (κ3) is 4.40. The van der Waals surface area contributed by atoms with Crippen LogP contribution in [0.15, 0.2) is 46.1 Å². The van der Waals surface area contributed by atoms with Crippen LogP contribution in [0.2, 0.25) is 0 Å². The number of phenolic OH excluding ortho intramolecular Hbond substituents is 1. The van der Waals surface area contributed by atoms with E-state index in [0.717, 1.165) is 22.7 Å². The number of nitrogens with zero attached hydrogens (tertiary/aromatic N) is 3. The Hall–Kier alpha value is -2.21. The Kier molecular flexibility index (Phi) is 6.47. The van der Waals surface area contributed by atoms with Crippen LogP contribution >= 0.6 is 32.3 Å². The van der Waals surface area contributed by atoms with Crippen LogP contribution in [0.3, 0.4) is 0 Å². The van der Waals surface area contributed by atoms with Gasteiger partial charge in [0.15, 0.2) is 0 Å². The minimum atomic E-state index is -0.123. The van der Waals surface area contributed by atoms with Gasteiger partial charge in [0, 0.05) is 22.5 Å². The van der Waals surface area contributed by atoms with E-state index in [1.54, 1.807) is 22.4 Å². The number of allylic oxidation sites excluding steroid dienone is 3. The number of thiazole rings is 1. The smallest absolute Gasteiger partial charge is 0.264 e. The number of hydrogen-bond donors (Lipinski definition) is 1. The number of hydrogen-bond acceptors (Lipinski definition) is 6. The molecule has 0 radical (unpaired) electrons. The zero-order valence-electron chi connectivity index (χ0n) is 17.7. The summed E-state index contributed by atoms with van der Waals surface area (Å²) >= 11 is 3.30. The Morgan fingerprint density at radius 3 is 2.68 bits per heavy atom. The number of benzene rings is 1. The van der Waals surface area contributed by atoms with Gasteiger partial charge < -0.3 is 5.11 Å². The molecule has 3 aromatic rings. The van der Waals surface area contributed by atoms with Gasteiger partial charge in [-0.2, -0.15) is 0 Å². The summed E-state index contributed by atoms with van der Waals surface area (Å²) in [4.78, 5) is 25.5. The van der Waals surface area contributed by atoms with E-state index < -0.39 is 0 Å². The fourth-order valence-electron chi connectivity index (χ4n) is 3.45. The van der Waals surface area contributed by atoms with Crippen LogP contribution < -0.4 is 10.9 Å². The van der Waals surface area contributed by atoms with Gasteiger partial charge in [-0.3, -0.25) is 9.36 Å². The van der Waals surface area contributed by atoms with Gasteiger partial charge in [-0.15, -0.1) is 32.3 Å². The van der Waals surface area contributed by atoms with Crippen molar-refractivity contribution in [2.24, 2.45) is 0 Å². The summed E-state index contributed by atoms with van der Waals surface area (Å²) in [6, 6.07) is 5.47. The average Bonchev–Trinajstić information content (AvgIpc) is 3.07. The molecule has 0 saturated carbocycles. The highest BCUT2D eigenvalue weighted by atomic mass is 32.2. The lowest BCUT2D eigenvalue weighted by Crippen LogP contribution is -2.26. The van der Waals surface area contributed by atoms with Crippen molar-refractivity contribution in [3.05, 3.63) is 68.0 Å². The van der Waals surface area contributed by atoms with Crippen molar-refractivity contribution in [1.29, 1.82) is 0 Å². The summed E-state index contributed by atoms with van der Waals surface area (Å²) in [6.07, 6.45) is 6.99. The van der Waals surface area contributed by atoms with Crippen molar-refractivity contribution < 1.29 is 5.11 Å². The molecule has 0 spiro atoms. The topological polar surface area (TPSA) is 68.0 Å². The molecule has 0 bridgehead atoms. The second kappa shape index (κ2) is 9.11. The summed E-state index contributed by atoms with van der Waals surface area (Å²) in [5, 5.41) is 12.1. The molecule has 1 aliphatic rings. The molecule has 160 valence electrons. The summed E-state index contributed by atoms with van der Waals surface area (Å²) in [7, 11) is 2.53. The number of phenols is 1. The Balaban J connectivity index is 1.89. The highest BCUT2D eigenvalue weighted by Gasteiger charge is 2.22. The van der Waals surface area contributed by atoms with E-state index in [0.29, 0.717) is 39.5 Å².